The molecule has 0 saturated heterocycles. The van der Waals surface area contributed by atoms with Gasteiger partial charge in [0.2, 0.25) is 0 Å². The van der Waals surface area contributed by atoms with Gasteiger partial charge in [0.05, 0.1) is 28.6 Å². The van der Waals surface area contributed by atoms with Crippen LogP contribution in [0.1, 0.15) is 43.1 Å². The Hall–Kier alpha value is -2.99. The fourth-order valence-electron chi connectivity index (χ4n) is 3.67. The van der Waals surface area contributed by atoms with Crippen LogP contribution in [0.2, 0.25) is 0 Å². The number of aromatic nitrogens is 1. The number of fused-ring (bicyclic) bond motifs is 1. The van der Waals surface area contributed by atoms with Crippen molar-refractivity contribution in [3.05, 3.63) is 81.8 Å². The lowest BCUT2D eigenvalue weighted by Crippen LogP contribution is -2.39. The molecule has 2 atom stereocenters. The second kappa shape index (κ2) is 6.38. The molecule has 3 aromatic rings. The van der Waals surface area contributed by atoms with Crippen LogP contribution in [0.15, 0.2) is 60.2 Å². The van der Waals surface area contributed by atoms with Gasteiger partial charge in [0.15, 0.2) is 5.78 Å². The molecular formula is C20H16N2O3S. The van der Waals surface area contributed by atoms with Gasteiger partial charge in [-0.1, -0.05) is 36.4 Å². The first-order valence-corrected chi connectivity index (χ1v) is 9.04. The van der Waals surface area contributed by atoms with E-state index in [2.05, 4.69) is 4.98 Å². The van der Waals surface area contributed by atoms with E-state index in [-0.39, 0.29) is 23.0 Å². The van der Waals surface area contributed by atoms with E-state index in [0.717, 1.165) is 10.4 Å². The molecule has 1 aliphatic heterocycles. The Morgan fingerprint density at radius 1 is 1.15 bits per heavy atom. The number of Topliss-reactive ketones (excluding diaryl/α,β-unsaturated/α-hetero) is 1. The van der Waals surface area contributed by atoms with Crippen LogP contribution < -0.4 is 4.90 Å². The van der Waals surface area contributed by atoms with Crippen LogP contribution in [0.3, 0.4) is 0 Å². The summed E-state index contributed by atoms with van der Waals surface area (Å²) in [6.45, 7) is 0. The molecule has 1 aliphatic rings. The van der Waals surface area contributed by atoms with Gasteiger partial charge in [0, 0.05) is 23.8 Å². The summed E-state index contributed by atoms with van der Waals surface area (Å²) in [5.41, 5.74) is 3.66. The zero-order chi connectivity index (χ0) is 18.3. The first-order chi connectivity index (χ1) is 12.6. The number of benzene rings is 2. The van der Waals surface area contributed by atoms with Crippen molar-refractivity contribution in [2.75, 3.05) is 11.9 Å². The van der Waals surface area contributed by atoms with Gasteiger partial charge in [-0.3, -0.25) is 9.78 Å². The SMILES string of the molecule is CN1c2cccc(C(=O)O)c2C(=O)C(c2cncs2)C1c1ccccc1. The number of nitrogens with zero attached hydrogens (tertiary/aromatic N) is 2. The van der Waals surface area contributed by atoms with Crippen LogP contribution in [-0.2, 0) is 0 Å². The van der Waals surface area contributed by atoms with E-state index in [1.54, 1.807) is 23.8 Å². The number of carboxylic acids is 1. The monoisotopic (exact) mass is 364 g/mol. The van der Waals surface area contributed by atoms with Gasteiger partial charge in [-0.15, -0.1) is 11.3 Å². The highest BCUT2D eigenvalue weighted by Gasteiger charge is 2.43. The third-order valence-electron chi connectivity index (χ3n) is 4.81. The maximum Gasteiger partial charge on any atom is 0.336 e. The predicted molar refractivity (Wildman–Crippen MR) is 100 cm³/mol. The normalized spacial score (nSPS) is 19.3. The van der Waals surface area contributed by atoms with Crippen molar-refractivity contribution in [3.63, 3.8) is 0 Å². The van der Waals surface area contributed by atoms with Gasteiger partial charge >= 0.3 is 5.97 Å². The molecule has 0 radical (unpaired) electrons. The Kier molecular flexibility index (Phi) is 4.05. The molecule has 6 heteroatoms. The van der Waals surface area contributed by atoms with E-state index < -0.39 is 11.9 Å². The summed E-state index contributed by atoms with van der Waals surface area (Å²) in [4.78, 5) is 32.1. The molecule has 1 aromatic heterocycles. The highest BCUT2D eigenvalue weighted by molar-refractivity contribution is 7.09. The summed E-state index contributed by atoms with van der Waals surface area (Å²) in [6, 6.07) is 14.6. The number of hydrogen-bond acceptors (Lipinski definition) is 5. The van der Waals surface area contributed by atoms with E-state index in [4.69, 9.17) is 0 Å². The minimum absolute atomic E-state index is 0.0420. The average Bonchev–Trinajstić information content (AvgIpc) is 3.18. The number of carbonyl (C=O) groups is 2. The Morgan fingerprint density at radius 3 is 2.58 bits per heavy atom. The van der Waals surface area contributed by atoms with Crippen LogP contribution >= 0.6 is 11.3 Å². The standard InChI is InChI=1S/C20H16N2O3S/c1-22-14-9-5-8-13(20(24)25)16(14)19(23)17(15-10-21-11-26-15)18(22)12-6-3-2-4-7-12/h2-11,17-18H,1H3,(H,24,25). The molecule has 1 N–H and O–H groups in total. The maximum atomic E-state index is 13.5. The van der Waals surface area contributed by atoms with E-state index in [9.17, 15) is 14.7 Å². The molecule has 5 nitrogen and oxygen atoms in total. The van der Waals surface area contributed by atoms with Gasteiger partial charge in [-0.05, 0) is 17.7 Å². The third kappa shape index (κ3) is 2.50. The van der Waals surface area contributed by atoms with Crippen LogP contribution in [0.4, 0.5) is 5.69 Å². The molecule has 26 heavy (non-hydrogen) atoms. The molecule has 0 bridgehead atoms. The number of likely N-dealkylation sites (N-methyl/N-ethyl adjacent to an activating group) is 1. The van der Waals surface area contributed by atoms with E-state index >= 15 is 0 Å². The zero-order valence-corrected chi connectivity index (χ0v) is 14.8. The van der Waals surface area contributed by atoms with Crippen molar-refractivity contribution < 1.29 is 14.7 Å². The number of carboxylic acid groups (broad SMARTS) is 1. The lowest BCUT2D eigenvalue weighted by Gasteiger charge is -2.41. The van der Waals surface area contributed by atoms with Crippen LogP contribution in [0.5, 0.6) is 0 Å². The molecule has 0 amide bonds. The topological polar surface area (TPSA) is 70.5 Å². The molecule has 4 rings (SSSR count). The molecule has 0 saturated carbocycles. The van der Waals surface area contributed by atoms with Crippen LogP contribution in [-0.4, -0.2) is 28.9 Å². The van der Waals surface area contributed by atoms with Crippen molar-refractivity contribution in [1.82, 2.24) is 4.98 Å². The predicted octanol–water partition coefficient (Wildman–Crippen LogP) is 4.00. The Labute approximate surface area is 154 Å². The molecule has 0 aliphatic carbocycles. The van der Waals surface area contributed by atoms with Crippen molar-refractivity contribution in [2.24, 2.45) is 0 Å². The number of anilines is 1. The second-order valence-corrected chi connectivity index (χ2v) is 7.13. The molecule has 2 unspecified atom stereocenters. The zero-order valence-electron chi connectivity index (χ0n) is 14.0. The number of hydrogen-bond donors (Lipinski definition) is 1. The first kappa shape index (κ1) is 16.5. The smallest absolute Gasteiger partial charge is 0.336 e. The summed E-state index contributed by atoms with van der Waals surface area (Å²) in [7, 11) is 1.91. The van der Waals surface area contributed by atoms with Crippen LogP contribution in [0, 0.1) is 0 Å². The van der Waals surface area contributed by atoms with Crippen molar-refractivity contribution in [3.8, 4) is 0 Å². The minimum atomic E-state index is -1.09. The Bertz CT molecular complexity index is 970. The molecule has 130 valence electrons. The third-order valence-corrected chi connectivity index (χ3v) is 5.67. The number of thiazole rings is 1. The molecule has 2 aromatic carbocycles. The Morgan fingerprint density at radius 2 is 1.92 bits per heavy atom. The lowest BCUT2D eigenvalue weighted by molar-refractivity contribution is 0.0690. The maximum absolute atomic E-state index is 13.5. The molecule has 2 heterocycles. The number of rotatable bonds is 3. The fraction of sp³-hybridized carbons (Fsp3) is 0.150. The van der Waals surface area contributed by atoms with Gasteiger partial charge in [-0.25, -0.2) is 4.79 Å². The van der Waals surface area contributed by atoms with E-state index in [0.29, 0.717) is 5.69 Å². The highest BCUT2D eigenvalue weighted by atomic mass is 32.1. The molecule has 0 spiro atoms. The van der Waals surface area contributed by atoms with Gasteiger partial charge in [-0.2, -0.15) is 0 Å². The first-order valence-electron chi connectivity index (χ1n) is 8.16. The summed E-state index contributed by atoms with van der Waals surface area (Å²) >= 11 is 1.42. The molecule has 0 fully saturated rings. The summed E-state index contributed by atoms with van der Waals surface area (Å²) in [5, 5.41) is 9.56. The lowest BCUT2D eigenvalue weighted by atomic mass is 9.79. The van der Waals surface area contributed by atoms with Crippen molar-refractivity contribution in [2.45, 2.75) is 12.0 Å². The minimum Gasteiger partial charge on any atom is -0.478 e. The number of aromatic carboxylic acids is 1. The summed E-state index contributed by atoms with van der Waals surface area (Å²) < 4.78 is 0. The van der Waals surface area contributed by atoms with E-state index in [1.165, 1.54) is 17.4 Å². The largest absolute Gasteiger partial charge is 0.478 e. The van der Waals surface area contributed by atoms with Gasteiger partial charge < -0.3 is 10.0 Å². The summed E-state index contributed by atoms with van der Waals surface area (Å²) in [5.74, 6) is -1.76. The fourth-order valence-corrected chi connectivity index (χ4v) is 4.42. The number of carbonyl (C=O) groups excluding carboxylic acids is 1. The van der Waals surface area contributed by atoms with Crippen molar-refractivity contribution >= 4 is 28.8 Å². The van der Waals surface area contributed by atoms with Gasteiger partial charge in [0.25, 0.3) is 0 Å². The summed E-state index contributed by atoms with van der Waals surface area (Å²) in [6.07, 6.45) is 1.70. The quantitative estimate of drug-likeness (QED) is 0.761. The Balaban J connectivity index is 1.97. The molecular weight excluding hydrogens is 348 g/mol. The highest BCUT2D eigenvalue weighted by Crippen LogP contribution is 2.47. The average molecular weight is 364 g/mol. The van der Waals surface area contributed by atoms with Gasteiger partial charge in [0.1, 0.15) is 0 Å². The second-order valence-electron chi connectivity index (χ2n) is 6.22. The van der Waals surface area contributed by atoms with Crippen molar-refractivity contribution in [1.29, 1.82) is 0 Å². The van der Waals surface area contributed by atoms with E-state index in [1.807, 2.05) is 42.3 Å². The van der Waals surface area contributed by atoms with Crippen LogP contribution in [0.25, 0.3) is 0 Å². The number of ketones is 1.